The fourth-order valence-electron chi connectivity index (χ4n) is 1.79. The van der Waals surface area contributed by atoms with E-state index in [1.807, 2.05) is 31.2 Å². The summed E-state index contributed by atoms with van der Waals surface area (Å²) in [6, 6.07) is 11.1. The Morgan fingerprint density at radius 2 is 2.05 bits per heavy atom. The molecule has 0 saturated heterocycles. The number of carbonyl (C=O) groups is 1. The summed E-state index contributed by atoms with van der Waals surface area (Å²) in [5, 5.41) is 0. The molecule has 4 heteroatoms. The number of esters is 1. The third kappa shape index (κ3) is 3.16. The number of hydrogen-bond acceptors (Lipinski definition) is 4. The summed E-state index contributed by atoms with van der Waals surface area (Å²) >= 11 is 0. The van der Waals surface area contributed by atoms with Crippen molar-refractivity contribution in [1.82, 2.24) is 0 Å². The highest BCUT2D eigenvalue weighted by Crippen LogP contribution is 2.22. The van der Waals surface area contributed by atoms with Crippen LogP contribution in [-0.2, 0) is 9.53 Å². The third-order valence-corrected chi connectivity index (χ3v) is 2.87. The van der Waals surface area contributed by atoms with Crippen molar-refractivity contribution in [3.63, 3.8) is 0 Å². The molecule has 1 heterocycles. The van der Waals surface area contributed by atoms with E-state index in [0.717, 1.165) is 11.3 Å². The predicted molar refractivity (Wildman–Crippen MR) is 70.1 cm³/mol. The summed E-state index contributed by atoms with van der Waals surface area (Å²) < 4.78 is 15.7. The first-order valence-electron chi connectivity index (χ1n) is 6.02. The quantitative estimate of drug-likeness (QED) is 0.775. The predicted octanol–water partition coefficient (Wildman–Crippen LogP) is 2.92. The van der Waals surface area contributed by atoms with Gasteiger partial charge in [0.25, 0.3) is 0 Å². The van der Waals surface area contributed by atoms with Crippen molar-refractivity contribution in [2.45, 2.75) is 12.8 Å². The van der Waals surface area contributed by atoms with Crippen molar-refractivity contribution in [3.8, 4) is 5.75 Å². The van der Waals surface area contributed by atoms with Crippen LogP contribution in [0.4, 0.5) is 0 Å². The summed E-state index contributed by atoms with van der Waals surface area (Å²) in [5.41, 5.74) is 1.02. The van der Waals surface area contributed by atoms with Gasteiger partial charge in [-0.1, -0.05) is 18.2 Å². The van der Waals surface area contributed by atoms with Gasteiger partial charge in [-0.05, 0) is 30.7 Å². The number of hydrogen-bond donors (Lipinski definition) is 0. The van der Waals surface area contributed by atoms with Gasteiger partial charge in [0.2, 0.25) is 0 Å². The summed E-state index contributed by atoms with van der Waals surface area (Å²) in [4.78, 5) is 11.8. The second-order valence-electron chi connectivity index (χ2n) is 4.17. The zero-order valence-corrected chi connectivity index (χ0v) is 11.0. The fourth-order valence-corrected chi connectivity index (χ4v) is 1.79. The summed E-state index contributed by atoms with van der Waals surface area (Å²) in [6.07, 6.45) is 1.53. The first-order chi connectivity index (χ1) is 9.22. The molecule has 0 N–H and O–H groups in total. The van der Waals surface area contributed by atoms with Gasteiger partial charge in [-0.25, -0.2) is 0 Å². The molecule has 1 aromatic carbocycles. The molecule has 19 heavy (non-hydrogen) atoms. The average Bonchev–Trinajstić information content (AvgIpc) is 2.94. The third-order valence-electron chi connectivity index (χ3n) is 2.87. The van der Waals surface area contributed by atoms with Crippen molar-refractivity contribution < 1.29 is 18.7 Å². The molecule has 100 valence electrons. The molecule has 0 bridgehead atoms. The van der Waals surface area contributed by atoms with E-state index < -0.39 is 5.92 Å². The van der Waals surface area contributed by atoms with Gasteiger partial charge in [-0.2, -0.15) is 0 Å². The Kier molecular flexibility index (Phi) is 4.23. The lowest BCUT2D eigenvalue weighted by molar-refractivity contribution is -0.143. The number of rotatable bonds is 5. The first-order valence-corrected chi connectivity index (χ1v) is 6.02. The number of methoxy groups -OCH3 is 1. The molecule has 0 fully saturated rings. The number of aryl methyl sites for hydroxylation is 1. The van der Waals surface area contributed by atoms with Crippen LogP contribution in [-0.4, -0.2) is 19.7 Å². The van der Waals surface area contributed by atoms with Crippen LogP contribution in [0.1, 0.15) is 17.2 Å². The van der Waals surface area contributed by atoms with Crippen molar-refractivity contribution in [2.75, 3.05) is 13.7 Å². The Morgan fingerprint density at radius 3 is 2.68 bits per heavy atom. The normalized spacial score (nSPS) is 11.9. The first kappa shape index (κ1) is 13.2. The van der Waals surface area contributed by atoms with Gasteiger partial charge in [0.15, 0.2) is 0 Å². The monoisotopic (exact) mass is 260 g/mol. The maximum absolute atomic E-state index is 11.8. The molecule has 0 aliphatic heterocycles. The Morgan fingerprint density at radius 1 is 1.26 bits per heavy atom. The highest BCUT2D eigenvalue weighted by Gasteiger charge is 2.25. The van der Waals surface area contributed by atoms with E-state index in [-0.39, 0.29) is 12.6 Å². The van der Waals surface area contributed by atoms with E-state index >= 15 is 0 Å². The van der Waals surface area contributed by atoms with Crippen LogP contribution in [0, 0.1) is 6.92 Å². The van der Waals surface area contributed by atoms with Crippen molar-refractivity contribution in [3.05, 3.63) is 54.0 Å². The van der Waals surface area contributed by atoms with Crippen LogP contribution >= 0.6 is 0 Å². The zero-order chi connectivity index (χ0) is 13.7. The highest BCUT2D eigenvalue weighted by molar-refractivity contribution is 5.77. The molecule has 2 rings (SSSR count). The summed E-state index contributed by atoms with van der Waals surface area (Å²) in [7, 11) is 1.35. The van der Waals surface area contributed by atoms with Crippen molar-refractivity contribution >= 4 is 5.97 Å². The largest absolute Gasteiger partial charge is 0.492 e. The average molecular weight is 260 g/mol. The Balaban J connectivity index is 2.10. The minimum Gasteiger partial charge on any atom is -0.492 e. The number of furan rings is 1. The SMILES string of the molecule is COC(=O)C(COc1ccccc1C)c1ccco1. The molecule has 0 saturated carbocycles. The van der Waals surface area contributed by atoms with Crippen molar-refractivity contribution in [2.24, 2.45) is 0 Å². The maximum Gasteiger partial charge on any atom is 0.319 e. The molecule has 0 aliphatic carbocycles. The van der Waals surface area contributed by atoms with E-state index in [1.54, 1.807) is 12.1 Å². The second kappa shape index (κ2) is 6.09. The van der Waals surface area contributed by atoms with Crippen LogP contribution in [0.25, 0.3) is 0 Å². The minimum absolute atomic E-state index is 0.186. The van der Waals surface area contributed by atoms with Gasteiger partial charge >= 0.3 is 5.97 Å². The molecule has 1 atom stereocenters. The second-order valence-corrected chi connectivity index (χ2v) is 4.17. The van der Waals surface area contributed by atoms with E-state index in [0.29, 0.717) is 5.76 Å². The molecule has 0 amide bonds. The number of para-hydroxylation sites is 1. The van der Waals surface area contributed by atoms with E-state index in [1.165, 1.54) is 13.4 Å². The molecule has 0 radical (unpaired) electrons. The molecule has 0 spiro atoms. The van der Waals surface area contributed by atoms with Gasteiger partial charge in [-0.3, -0.25) is 4.79 Å². The Hall–Kier alpha value is -2.23. The van der Waals surface area contributed by atoms with Crippen LogP contribution in [0.5, 0.6) is 5.75 Å². The maximum atomic E-state index is 11.8. The van der Waals surface area contributed by atoms with Gasteiger partial charge in [0.1, 0.15) is 24.0 Å². The molecule has 2 aromatic rings. The number of ether oxygens (including phenoxy) is 2. The van der Waals surface area contributed by atoms with E-state index in [9.17, 15) is 4.79 Å². The van der Waals surface area contributed by atoms with Gasteiger partial charge in [0.05, 0.1) is 13.4 Å². The lowest BCUT2D eigenvalue weighted by Gasteiger charge is -2.14. The van der Waals surface area contributed by atoms with E-state index in [4.69, 9.17) is 13.9 Å². The number of carbonyl (C=O) groups excluding carboxylic acids is 1. The van der Waals surface area contributed by atoms with Gasteiger partial charge in [0, 0.05) is 0 Å². The molecular formula is C15H16O4. The molecule has 0 aliphatic rings. The molecule has 1 aromatic heterocycles. The van der Waals surface area contributed by atoms with Crippen LogP contribution < -0.4 is 4.74 Å². The summed E-state index contributed by atoms with van der Waals surface area (Å²) in [5.74, 6) is 0.367. The Bertz CT molecular complexity index is 531. The number of benzene rings is 1. The van der Waals surface area contributed by atoms with Crippen molar-refractivity contribution in [1.29, 1.82) is 0 Å². The van der Waals surface area contributed by atoms with Crippen LogP contribution in [0.3, 0.4) is 0 Å². The lowest BCUT2D eigenvalue weighted by atomic mass is 10.1. The van der Waals surface area contributed by atoms with E-state index in [2.05, 4.69) is 0 Å². The molecule has 1 unspecified atom stereocenters. The highest BCUT2D eigenvalue weighted by atomic mass is 16.5. The molecule has 4 nitrogen and oxygen atoms in total. The lowest BCUT2D eigenvalue weighted by Crippen LogP contribution is -2.21. The molecular weight excluding hydrogens is 244 g/mol. The van der Waals surface area contributed by atoms with Gasteiger partial charge in [-0.15, -0.1) is 0 Å². The zero-order valence-electron chi connectivity index (χ0n) is 11.0. The van der Waals surface area contributed by atoms with Gasteiger partial charge < -0.3 is 13.9 Å². The van der Waals surface area contributed by atoms with Crippen LogP contribution in [0.15, 0.2) is 47.1 Å². The van der Waals surface area contributed by atoms with Crippen LogP contribution in [0.2, 0.25) is 0 Å². The minimum atomic E-state index is -0.556. The summed E-state index contributed by atoms with van der Waals surface area (Å²) in [6.45, 7) is 2.14. The standard InChI is InChI=1S/C15H16O4/c1-11-6-3-4-7-13(11)19-10-12(15(16)17-2)14-8-5-9-18-14/h3-9,12H,10H2,1-2H3. The fraction of sp³-hybridized carbons (Fsp3) is 0.267. The smallest absolute Gasteiger partial charge is 0.319 e. The Labute approximate surface area is 111 Å². The topological polar surface area (TPSA) is 48.7 Å².